The van der Waals surface area contributed by atoms with Crippen LogP contribution < -0.4 is 0 Å². The van der Waals surface area contributed by atoms with Gasteiger partial charge in [-0.05, 0) is 13.5 Å². The van der Waals surface area contributed by atoms with Crippen LogP contribution in [-0.2, 0) is 0 Å². The number of halogens is 3. The Morgan fingerprint density at radius 1 is 1.42 bits per heavy atom. The standard InChI is InChI=1S/C7H14F3NO/c1-3-11(4-6(2)12)5-7(8,9)10/h6,12H,3-5H2,1-2H3/t6-/m1/s1. The minimum Gasteiger partial charge on any atom is -0.392 e. The molecule has 2 nitrogen and oxygen atoms in total. The summed E-state index contributed by atoms with van der Waals surface area (Å²) in [4.78, 5) is 1.16. The molecule has 0 heterocycles. The Morgan fingerprint density at radius 2 is 1.92 bits per heavy atom. The Hall–Kier alpha value is -0.290. The van der Waals surface area contributed by atoms with E-state index in [2.05, 4.69) is 0 Å². The van der Waals surface area contributed by atoms with E-state index in [0.717, 1.165) is 4.90 Å². The van der Waals surface area contributed by atoms with Crippen LogP contribution in [0.15, 0.2) is 0 Å². The van der Waals surface area contributed by atoms with Crippen LogP contribution in [0.1, 0.15) is 13.8 Å². The zero-order chi connectivity index (χ0) is 9.78. The van der Waals surface area contributed by atoms with Crippen LogP contribution in [0.3, 0.4) is 0 Å². The fourth-order valence-corrected chi connectivity index (χ4v) is 0.933. The van der Waals surface area contributed by atoms with Gasteiger partial charge in [0.25, 0.3) is 0 Å². The van der Waals surface area contributed by atoms with Crippen LogP contribution in [0, 0.1) is 0 Å². The Morgan fingerprint density at radius 3 is 2.17 bits per heavy atom. The minimum absolute atomic E-state index is 0.0655. The maximum atomic E-state index is 11.8. The van der Waals surface area contributed by atoms with E-state index in [-0.39, 0.29) is 6.54 Å². The van der Waals surface area contributed by atoms with Gasteiger partial charge >= 0.3 is 6.18 Å². The molecule has 0 fully saturated rings. The van der Waals surface area contributed by atoms with Crippen molar-refractivity contribution >= 4 is 0 Å². The molecule has 0 bridgehead atoms. The molecule has 0 rings (SSSR count). The molecule has 74 valence electrons. The number of alkyl halides is 3. The number of likely N-dealkylation sites (N-methyl/N-ethyl adjacent to an activating group) is 1. The van der Waals surface area contributed by atoms with Crippen LogP contribution in [0.4, 0.5) is 13.2 Å². The molecule has 0 aromatic heterocycles. The molecule has 12 heavy (non-hydrogen) atoms. The number of hydrogen-bond donors (Lipinski definition) is 1. The summed E-state index contributed by atoms with van der Waals surface area (Å²) in [5, 5.41) is 8.84. The van der Waals surface area contributed by atoms with Crippen molar-refractivity contribution in [2.45, 2.75) is 26.1 Å². The highest BCUT2D eigenvalue weighted by Gasteiger charge is 2.30. The summed E-state index contributed by atoms with van der Waals surface area (Å²) in [5.74, 6) is 0. The van der Waals surface area contributed by atoms with Crippen LogP contribution in [-0.4, -0.2) is 41.9 Å². The Bertz CT molecular complexity index is 124. The quantitative estimate of drug-likeness (QED) is 0.712. The van der Waals surface area contributed by atoms with Crippen molar-refractivity contribution in [3.63, 3.8) is 0 Å². The number of aliphatic hydroxyl groups is 1. The summed E-state index contributed by atoms with van der Waals surface area (Å²) in [6.45, 7) is 2.52. The molecule has 0 aromatic rings. The Balaban J connectivity index is 3.83. The first kappa shape index (κ1) is 11.7. The molecule has 0 aromatic carbocycles. The minimum atomic E-state index is -4.18. The third-order valence-electron chi connectivity index (χ3n) is 1.37. The molecule has 0 saturated carbocycles. The first-order valence-electron chi connectivity index (χ1n) is 3.82. The monoisotopic (exact) mass is 185 g/mol. The zero-order valence-electron chi connectivity index (χ0n) is 7.23. The highest BCUT2D eigenvalue weighted by Crippen LogP contribution is 2.16. The molecule has 0 aliphatic carbocycles. The number of rotatable bonds is 4. The van der Waals surface area contributed by atoms with Crippen LogP contribution in [0.25, 0.3) is 0 Å². The van der Waals surface area contributed by atoms with Crippen molar-refractivity contribution in [1.29, 1.82) is 0 Å². The van der Waals surface area contributed by atoms with E-state index in [0.29, 0.717) is 6.54 Å². The van der Waals surface area contributed by atoms with Crippen molar-refractivity contribution in [1.82, 2.24) is 4.90 Å². The van der Waals surface area contributed by atoms with Gasteiger partial charge in [0.05, 0.1) is 12.6 Å². The molecule has 0 aliphatic heterocycles. The lowest BCUT2D eigenvalue weighted by Gasteiger charge is -2.22. The second-order valence-corrected chi connectivity index (χ2v) is 2.79. The molecular weight excluding hydrogens is 171 g/mol. The summed E-state index contributed by atoms with van der Waals surface area (Å²) >= 11 is 0. The van der Waals surface area contributed by atoms with E-state index in [1.165, 1.54) is 6.92 Å². The third kappa shape index (κ3) is 6.42. The van der Waals surface area contributed by atoms with E-state index in [1.807, 2.05) is 0 Å². The topological polar surface area (TPSA) is 23.5 Å². The molecule has 0 radical (unpaired) electrons. The summed E-state index contributed by atoms with van der Waals surface area (Å²) in [6, 6.07) is 0. The van der Waals surface area contributed by atoms with Gasteiger partial charge in [-0.25, -0.2) is 0 Å². The molecular formula is C7H14F3NO. The van der Waals surface area contributed by atoms with Crippen molar-refractivity contribution in [2.75, 3.05) is 19.6 Å². The maximum Gasteiger partial charge on any atom is 0.401 e. The van der Waals surface area contributed by atoms with Crippen molar-refractivity contribution < 1.29 is 18.3 Å². The largest absolute Gasteiger partial charge is 0.401 e. The molecule has 1 atom stereocenters. The molecule has 5 heteroatoms. The lowest BCUT2D eigenvalue weighted by Crippen LogP contribution is -2.38. The first-order chi connectivity index (χ1) is 5.35. The molecule has 0 spiro atoms. The number of nitrogens with zero attached hydrogens (tertiary/aromatic N) is 1. The van der Waals surface area contributed by atoms with Gasteiger partial charge in [0.15, 0.2) is 0 Å². The predicted molar refractivity (Wildman–Crippen MR) is 39.8 cm³/mol. The second-order valence-electron chi connectivity index (χ2n) is 2.79. The summed E-state index contributed by atoms with van der Waals surface area (Å²) in [5.41, 5.74) is 0. The van der Waals surface area contributed by atoms with Crippen LogP contribution in [0.5, 0.6) is 0 Å². The summed E-state index contributed by atoms with van der Waals surface area (Å²) in [7, 11) is 0. The van der Waals surface area contributed by atoms with E-state index in [1.54, 1.807) is 6.92 Å². The van der Waals surface area contributed by atoms with Gasteiger partial charge in [-0.3, -0.25) is 4.90 Å². The molecule has 0 aliphatic rings. The average molecular weight is 185 g/mol. The Kier molecular flexibility index (Phi) is 4.55. The molecule has 0 saturated heterocycles. The van der Waals surface area contributed by atoms with Crippen molar-refractivity contribution in [2.24, 2.45) is 0 Å². The van der Waals surface area contributed by atoms with Crippen molar-refractivity contribution in [3.05, 3.63) is 0 Å². The van der Waals surface area contributed by atoms with Gasteiger partial charge < -0.3 is 5.11 Å². The lowest BCUT2D eigenvalue weighted by atomic mass is 10.3. The SMILES string of the molecule is CCN(C[C@@H](C)O)CC(F)(F)F. The van der Waals surface area contributed by atoms with E-state index >= 15 is 0 Å². The lowest BCUT2D eigenvalue weighted by molar-refractivity contribution is -0.147. The Labute approximate surface area is 70.0 Å². The highest BCUT2D eigenvalue weighted by atomic mass is 19.4. The molecule has 1 N–H and O–H groups in total. The first-order valence-corrected chi connectivity index (χ1v) is 3.82. The highest BCUT2D eigenvalue weighted by molar-refractivity contribution is 4.63. The van der Waals surface area contributed by atoms with Crippen LogP contribution >= 0.6 is 0 Å². The summed E-state index contributed by atoms with van der Waals surface area (Å²) in [6.07, 6.45) is -4.89. The maximum absolute atomic E-state index is 11.8. The molecule has 0 amide bonds. The fraction of sp³-hybridized carbons (Fsp3) is 1.00. The fourth-order valence-electron chi connectivity index (χ4n) is 0.933. The molecule has 0 unspecified atom stereocenters. The third-order valence-corrected chi connectivity index (χ3v) is 1.37. The van der Waals surface area contributed by atoms with Gasteiger partial charge in [-0.15, -0.1) is 0 Å². The smallest absolute Gasteiger partial charge is 0.392 e. The summed E-state index contributed by atoms with van der Waals surface area (Å²) < 4.78 is 35.5. The predicted octanol–water partition coefficient (Wildman–Crippen LogP) is 1.25. The van der Waals surface area contributed by atoms with Crippen molar-refractivity contribution in [3.8, 4) is 0 Å². The van der Waals surface area contributed by atoms with E-state index in [4.69, 9.17) is 5.11 Å². The van der Waals surface area contributed by atoms with Gasteiger partial charge in [0.2, 0.25) is 0 Å². The van der Waals surface area contributed by atoms with Gasteiger partial charge in [-0.1, -0.05) is 6.92 Å². The van der Waals surface area contributed by atoms with Gasteiger partial charge in [0, 0.05) is 6.54 Å². The second kappa shape index (κ2) is 4.67. The normalized spacial score (nSPS) is 15.2. The van der Waals surface area contributed by atoms with E-state index in [9.17, 15) is 13.2 Å². The van der Waals surface area contributed by atoms with E-state index < -0.39 is 18.8 Å². The van der Waals surface area contributed by atoms with Gasteiger partial charge in [-0.2, -0.15) is 13.2 Å². The van der Waals surface area contributed by atoms with Crippen LogP contribution in [0.2, 0.25) is 0 Å². The number of aliphatic hydroxyl groups excluding tert-OH is 1. The zero-order valence-corrected chi connectivity index (χ0v) is 7.23. The van der Waals surface area contributed by atoms with Gasteiger partial charge in [0.1, 0.15) is 0 Å². The number of hydrogen-bond acceptors (Lipinski definition) is 2. The average Bonchev–Trinajstić information content (AvgIpc) is 1.82.